The number of hydrogen-bond acceptors (Lipinski definition) is 5. The summed E-state index contributed by atoms with van der Waals surface area (Å²) in [6.07, 6.45) is 3.53. The van der Waals surface area contributed by atoms with Gasteiger partial charge in [-0.2, -0.15) is 0 Å². The van der Waals surface area contributed by atoms with E-state index in [0.29, 0.717) is 19.5 Å². The third-order valence-corrected chi connectivity index (χ3v) is 6.46. The zero-order valence-corrected chi connectivity index (χ0v) is 17.6. The number of pyridine rings is 1. The van der Waals surface area contributed by atoms with E-state index in [9.17, 15) is 9.18 Å². The second kappa shape index (κ2) is 8.45. The van der Waals surface area contributed by atoms with E-state index in [4.69, 9.17) is 0 Å². The molecule has 7 heteroatoms. The zero-order chi connectivity index (χ0) is 20.4. The molecular weight excluding hydrogens is 387 g/mol. The fraction of sp³-hybridized carbons (Fsp3) is 0.409. The van der Waals surface area contributed by atoms with E-state index >= 15 is 0 Å². The summed E-state index contributed by atoms with van der Waals surface area (Å²) >= 11 is 1.66. The Kier molecular flexibility index (Phi) is 5.76. The Morgan fingerprint density at radius 2 is 2.17 bits per heavy atom. The van der Waals surface area contributed by atoms with Crippen molar-refractivity contribution in [2.45, 2.75) is 39.2 Å². The standard InChI is InChI=1S/C22H25FN4OS/c1-15-11-18(23)12-24-22(15)26-9-10-27(16(2)13-26)20(28)8-4-6-17-5-3-7-19-21(17)29-14-25-19/h3,5,7,11-12,14,16H,4,6,8-10,13H2,1-2H3/t16-/m0/s1. The van der Waals surface area contributed by atoms with Crippen molar-refractivity contribution in [1.29, 1.82) is 0 Å². The first-order chi connectivity index (χ1) is 14.0. The van der Waals surface area contributed by atoms with Gasteiger partial charge in [-0.25, -0.2) is 14.4 Å². The lowest BCUT2D eigenvalue weighted by Gasteiger charge is -2.41. The van der Waals surface area contributed by atoms with Crippen molar-refractivity contribution in [2.24, 2.45) is 0 Å². The molecule has 1 aliphatic rings. The van der Waals surface area contributed by atoms with Crippen molar-refractivity contribution in [1.82, 2.24) is 14.9 Å². The lowest BCUT2D eigenvalue weighted by Crippen LogP contribution is -2.54. The Labute approximate surface area is 174 Å². The molecule has 152 valence electrons. The molecule has 4 rings (SSSR count). The lowest BCUT2D eigenvalue weighted by molar-refractivity contribution is -0.133. The van der Waals surface area contributed by atoms with E-state index < -0.39 is 0 Å². The summed E-state index contributed by atoms with van der Waals surface area (Å²) in [4.78, 5) is 25.5. The van der Waals surface area contributed by atoms with Gasteiger partial charge < -0.3 is 9.80 Å². The van der Waals surface area contributed by atoms with Gasteiger partial charge in [-0.3, -0.25) is 4.79 Å². The maximum atomic E-state index is 13.3. The number of halogens is 1. The zero-order valence-electron chi connectivity index (χ0n) is 16.8. The summed E-state index contributed by atoms with van der Waals surface area (Å²) in [6.45, 7) is 6.04. The number of hydrogen-bond donors (Lipinski definition) is 0. The topological polar surface area (TPSA) is 49.3 Å². The number of carbonyl (C=O) groups is 1. The predicted molar refractivity (Wildman–Crippen MR) is 115 cm³/mol. The molecule has 1 aromatic carbocycles. The van der Waals surface area contributed by atoms with Crippen LogP contribution in [0.15, 0.2) is 36.0 Å². The Hall–Kier alpha value is -2.54. The van der Waals surface area contributed by atoms with Gasteiger partial charge in [0.1, 0.15) is 11.6 Å². The molecule has 5 nitrogen and oxygen atoms in total. The first-order valence-corrected chi connectivity index (χ1v) is 10.9. The minimum absolute atomic E-state index is 0.104. The quantitative estimate of drug-likeness (QED) is 0.630. The van der Waals surface area contributed by atoms with E-state index in [1.54, 1.807) is 11.3 Å². The lowest BCUT2D eigenvalue weighted by atomic mass is 10.1. The highest BCUT2D eigenvalue weighted by molar-refractivity contribution is 7.16. The van der Waals surface area contributed by atoms with Gasteiger partial charge >= 0.3 is 0 Å². The molecule has 3 heterocycles. The van der Waals surface area contributed by atoms with Crippen LogP contribution in [0.25, 0.3) is 10.2 Å². The number of nitrogens with zero attached hydrogens (tertiary/aromatic N) is 4. The maximum Gasteiger partial charge on any atom is 0.222 e. The van der Waals surface area contributed by atoms with Crippen LogP contribution >= 0.6 is 11.3 Å². The van der Waals surface area contributed by atoms with Gasteiger partial charge in [0, 0.05) is 32.1 Å². The first kappa shape index (κ1) is 19.8. The first-order valence-electron chi connectivity index (χ1n) is 10.0. The number of piperazine rings is 1. The number of fused-ring (bicyclic) bond motifs is 1. The number of carbonyl (C=O) groups excluding carboxylic acids is 1. The molecule has 0 bridgehead atoms. The van der Waals surface area contributed by atoms with Crippen molar-refractivity contribution < 1.29 is 9.18 Å². The SMILES string of the molecule is Cc1cc(F)cnc1N1CCN(C(=O)CCCc2cccc3ncsc23)[C@@H](C)C1. The summed E-state index contributed by atoms with van der Waals surface area (Å²) < 4.78 is 14.6. The molecule has 0 spiro atoms. The Morgan fingerprint density at radius 1 is 1.31 bits per heavy atom. The largest absolute Gasteiger partial charge is 0.353 e. The Morgan fingerprint density at radius 3 is 2.97 bits per heavy atom. The number of amides is 1. The van der Waals surface area contributed by atoms with Crippen LogP contribution in [-0.2, 0) is 11.2 Å². The van der Waals surface area contributed by atoms with Crippen LogP contribution in [0.2, 0.25) is 0 Å². The van der Waals surface area contributed by atoms with Gasteiger partial charge in [0.2, 0.25) is 5.91 Å². The van der Waals surface area contributed by atoms with Crippen molar-refractivity contribution in [3.63, 3.8) is 0 Å². The molecule has 0 unspecified atom stereocenters. The van der Waals surface area contributed by atoms with Crippen molar-refractivity contribution >= 4 is 33.3 Å². The number of rotatable bonds is 5. The molecule has 0 N–H and O–H groups in total. The second-order valence-electron chi connectivity index (χ2n) is 7.65. The molecular formula is C22H25FN4OS. The van der Waals surface area contributed by atoms with Crippen LogP contribution < -0.4 is 4.90 Å². The van der Waals surface area contributed by atoms with Gasteiger partial charge in [-0.05, 0) is 49.9 Å². The smallest absolute Gasteiger partial charge is 0.222 e. The van der Waals surface area contributed by atoms with Crippen LogP contribution in [0.4, 0.5) is 10.2 Å². The van der Waals surface area contributed by atoms with E-state index in [1.165, 1.54) is 22.5 Å². The third-order valence-electron chi connectivity index (χ3n) is 5.54. The van der Waals surface area contributed by atoms with Gasteiger partial charge in [-0.1, -0.05) is 12.1 Å². The van der Waals surface area contributed by atoms with E-state index in [0.717, 1.165) is 36.3 Å². The molecule has 1 aliphatic heterocycles. The predicted octanol–water partition coefficient (Wildman–Crippen LogP) is 4.20. The fourth-order valence-corrected chi connectivity index (χ4v) is 4.93. The number of thiazole rings is 1. The monoisotopic (exact) mass is 412 g/mol. The van der Waals surface area contributed by atoms with E-state index in [1.807, 2.05) is 29.5 Å². The molecule has 2 aromatic heterocycles. The van der Waals surface area contributed by atoms with Gasteiger partial charge in [-0.15, -0.1) is 11.3 Å². The van der Waals surface area contributed by atoms with E-state index in [2.05, 4.69) is 27.9 Å². The normalized spacial score (nSPS) is 17.1. The summed E-state index contributed by atoms with van der Waals surface area (Å²) in [6, 6.07) is 7.80. The fourth-order valence-electron chi connectivity index (χ4n) is 4.10. The Balaban J connectivity index is 1.32. The third kappa shape index (κ3) is 4.24. The average Bonchev–Trinajstić information content (AvgIpc) is 3.17. The molecule has 1 amide bonds. The Bertz CT molecular complexity index is 1020. The highest BCUT2D eigenvalue weighted by atomic mass is 32.1. The molecule has 1 atom stereocenters. The average molecular weight is 413 g/mol. The summed E-state index contributed by atoms with van der Waals surface area (Å²) in [5.41, 5.74) is 5.01. The number of aromatic nitrogens is 2. The number of anilines is 1. The van der Waals surface area contributed by atoms with Crippen LogP contribution in [0.3, 0.4) is 0 Å². The molecule has 0 saturated carbocycles. The molecule has 29 heavy (non-hydrogen) atoms. The van der Waals surface area contributed by atoms with Crippen molar-refractivity contribution in [3.8, 4) is 0 Å². The second-order valence-corrected chi connectivity index (χ2v) is 8.50. The summed E-state index contributed by atoms with van der Waals surface area (Å²) in [5, 5.41) is 0. The van der Waals surface area contributed by atoms with Crippen molar-refractivity contribution in [2.75, 3.05) is 24.5 Å². The molecule has 3 aromatic rings. The molecule has 0 radical (unpaired) electrons. The van der Waals surface area contributed by atoms with Gasteiger partial charge in [0.05, 0.1) is 21.9 Å². The van der Waals surface area contributed by atoms with Crippen LogP contribution in [0.1, 0.15) is 30.9 Å². The maximum absolute atomic E-state index is 13.3. The molecule has 1 fully saturated rings. The van der Waals surface area contributed by atoms with Crippen molar-refractivity contribution in [3.05, 3.63) is 52.9 Å². The number of benzene rings is 1. The minimum atomic E-state index is -0.317. The van der Waals surface area contributed by atoms with Crippen LogP contribution in [0, 0.1) is 12.7 Å². The van der Waals surface area contributed by atoms with Gasteiger partial charge in [0.15, 0.2) is 0 Å². The summed E-state index contributed by atoms with van der Waals surface area (Å²) in [7, 11) is 0. The molecule has 0 aliphatic carbocycles. The summed E-state index contributed by atoms with van der Waals surface area (Å²) in [5.74, 6) is 0.697. The highest BCUT2D eigenvalue weighted by Gasteiger charge is 2.28. The van der Waals surface area contributed by atoms with E-state index in [-0.39, 0.29) is 17.8 Å². The minimum Gasteiger partial charge on any atom is -0.353 e. The number of aryl methyl sites for hydroxylation is 2. The van der Waals surface area contributed by atoms with Crippen LogP contribution in [0.5, 0.6) is 0 Å². The molecule has 1 saturated heterocycles. The highest BCUT2D eigenvalue weighted by Crippen LogP contribution is 2.25. The van der Waals surface area contributed by atoms with Gasteiger partial charge in [0.25, 0.3) is 0 Å². The van der Waals surface area contributed by atoms with Crippen LogP contribution in [-0.4, -0.2) is 46.5 Å².